The van der Waals surface area contributed by atoms with E-state index in [4.69, 9.17) is 9.47 Å². The molecule has 1 amide bonds. The van der Waals surface area contributed by atoms with Gasteiger partial charge in [0.15, 0.2) is 18.1 Å². The summed E-state index contributed by atoms with van der Waals surface area (Å²) >= 11 is 0. The van der Waals surface area contributed by atoms with Gasteiger partial charge >= 0.3 is 12.6 Å². The summed E-state index contributed by atoms with van der Waals surface area (Å²) in [6, 6.07) is 1.58. The van der Waals surface area contributed by atoms with Crippen LogP contribution in [0, 0.1) is 10.1 Å². The number of nitro benzene ring substituents is 1. The first kappa shape index (κ1) is 22.3. The van der Waals surface area contributed by atoms with Crippen molar-refractivity contribution in [1.29, 1.82) is 0 Å². The van der Waals surface area contributed by atoms with Crippen LogP contribution in [-0.4, -0.2) is 55.1 Å². The van der Waals surface area contributed by atoms with Gasteiger partial charge in [-0.05, 0) is 12.8 Å². The summed E-state index contributed by atoms with van der Waals surface area (Å²) in [4.78, 5) is 36.4. The largest absolute Gasteiger partial charge is 0.493 e. The maximum absolute atomic E-state index is 12.5. The molecular weight excluding hydrogens is 394 g/mol. The van der Waals surface area contributed by atoms with Crippen molar-refractivity contribution in [3.05, 3.63) is 27.8 Å². The molecule has 1 aromatic carbocycles. The minimum Gasteiger partial charge on any atom is -0.493 e. The Hall–Kier alpha value is -2.98. The van der Waals surface area contributed by atoms with Gasteiger partial charge in [-0.1, -0.05) is 19.3 Å². The summed E-state index contributed by atoms with van der Waals surface area (Å²) < 4.78 is 38.9. The van der Waals surface area contributed by atoms with Crippen LogP contribution in [0.15, 0.2) is 12.1 Å². The second kappa shape index (κ2) is 9.99. The van der Waals surface area contributed by atoms with E-state index < -0.39 is 47.0 Å². The number of methoxy groups -OCH3 is 1. The Morgan fingerprint density at radius 1 is 1.24 bits per heavy atom. The van der Waals surface area contributed by atoms with E-state index in [2.05, 4.69) is 4.74 Å². The van der Waals surface area contributed by atoms with Gasteiger partial charge in [0.05, 0.1) is 18.1 Å². The molecule has 1 aromatic rings. The number of halogens is 2. The Balaban J connectivity index is 2.14. The normalized spacial score (nSPS) is 14.4. The first-order chi connectivity index (χ1) is 13.7. The lowest BCUT2D eigenvalue weighted by molar-refractivity contribution is -0.385. The molecule has 1 saturated carbocycles. The molecule has 0 unspecified atom stereocenters. The van der Waals surface area contributed by atoms with E-state index in [0.717, 1.165) is 45.3 Å². The van der Waals surface area contributed by atoms with Crippen molar-refractivity contribution in [2.45, 2.75) is 44.8 Å². The monoisotopic (exact) mass is 416 g/mol. The fraction of sp³-hybridized carbons (Fsp3) is 0.556. The van der Waals surface area contributed by atoms with Gasteiger partial charge in [0.2, 0.25) is 0 Å². The second-order valence-corrected chi connectivity index (χ2v) is 6.53. The number of rotatable bonds is 8. The summed E-state index contributed by atoms with van der Waals surface area (Å²) in [5.74, 6) is -2.49. The van der Waals surface area contributed by atoms with E-state index in [0.29, 0.717) is 6.07 Å². The highest BCUT2D eigenvalue weighted by molar-refractivity contribution is 5.96. The lowest BCUT2D eigenvalue weighted by Crippen LogP contribution is -2.40. The van der Waals surface area contributed by atoms with E-state index in [9.17, 15) is 28.5 Å². The molecule has 1 aliphatic rings. The number of benzene rings is 1. The fourth-order valence-corrected chi connectivity index (χ4v) is 3.19. The highest BCUT2D eigenvalue weighted by atomic mass is 19.3. The number of amides is 1. The third kappa shape index (κ3) is 5.75. The summed E-state index contributed by atoms with van der Waals surface area (Å²) in [5, 5.41) is 11.3. The van der Waals surface area contributed by atoms with Crippen molar-refractivity contribution in [1.82, 2.24) is 4.90 Å². The third-order valence-electron chi connectivity index (χ3n) is 4.76. The van der Waals surface area contributed by atoms with Crippen LogP contribution in [0.4, 0.5) is 14.5 Å². The molecule has 0 aromatic heterocycles. The van der Waals surface area contributed by atoms with Crippen LogP contribution < -0.4 is 9.47 Å². The Kier molecular flexibility index (Phi) is 7.68. The Morgan fingerprint density at radius 3 is 2.45 bits per heavy atom. The van der Waals surface area contributed by atoms with Crippen LogP contribution in [0.25, 0.3) is 0 Å². The van der Waals surface area contributed by atoms with Crippen molar-refractivity contribution < 1.29 is 37.5 Å². The summed E-state index contributed by atoms with van der Waals surface area (Å²) in [5.41, 5.74) is -1.35. The van der Waals surface area contributed by atoms with Crippen molar-refractivity contribution in [2.24, 2.45) is 0 Å². The van der Waals surface area contributed by atoms with Gasteiger partial charge in [-0.3, -0.25) is 14.9 Å². The lowest BCUT2D eigenvalue weighted by Gasteiger charge is -2.31. The minimum atomic E-state index is -3.24. The maximum atomic E-state index is 12.5. The zero-order chi connectivity index (χ0) is 21.6. The van der Waals surface area contributed by atoms with Gasteiger partial charge in [0, 0.05) is 19.2 Å². The standard InChI is InChI=1S/C18H22F2N2O7/c1-21(11-6-4-3-5-7-11)16(23)10-28-17(24)12-8-14(27-2)15(29-18(19)20)9-13(12)22(25)26/h8-9,11,18H,3-7,10H2,1-2H3. The van der Waals surface area contributed by atoms with E-state index >= 15 is 0 Å². The number of nitro groups is 1. The zero-order valence-electron chi connectivity index (χ0n) is 16.1. The fourth-order valence-electron chi connectivity index (χ4n) is 3.19. The minimum absolute atomic E-state index is 0.0650. The van der Waals surface area contributed by atoms with Gasteiger partial charge in [0.25, 0.3) is 11.6 Å². The van der Waals surface area contributed by atoms with Crippen LogP contribution in [0.3, 0.4) is 0 Å². The average Bonchev–Trinajstić information content (AvgIpc) is 2.70. The molecule has 0 bridgehead atoms. The predicted molar refractivity (Wildman–Crippen MR) is 96.2 cm³/mol. The van der Waals surface area contributed by atoms with Gasteiger partial charge in [-0.2, -0.15) is 8.78 Å². The molecule has 2 rings (SSSR count). The molecule has 29 heavy (non-hydrogen) atoms. The van der Waals surface area contributed by atoms with Crippen molar-refractivity contribution >= 4 is 17.6 Å². The SMILES string of the molecule is COc1cc(C(=O)OCC(=O)N(C)C2CCCCC2)c([N+](=O)[O-])cc1OC(F)F. The molecule has 160 valence electrons. The number of hydrogen-bond donors (Lipinski definition) is 0. The Bertz CT molecular complexity index is 767. The molecule has 1 aliphatic carbocycles. The number of esters is 1. The third-order valence-corrected chi connectivity index (χ3v) is 4.76. The van der Waals surface area contributed by atoms with E-state index in [-0.39, 0.29) is 11.8 Å². The van der Waals surface area contributed by atoms with Crippen LogP contribution in [0.5, 0.6) is 11.5 Å². The summed E-state index contributed by atoms with van der Waals surface area (Å²) in [6.07, 6.45) is 4.88. The van der Waals surface area contributed by atoms with E-state index in [1.165, 1.54) is 4.90 Å². The van der Waals surface area contributed by atoms with Gasteiger partial charge in [-0.15, -0.1) is 0 Å². The summed E-state index contributed by atoms with van der Waals surface area (Å²) in [6.45, 7) is -3.84. The first-order valence-electron chi connectivity index (χ1n) is 8.98. The summed E-state index contributed by atoms with van der Waals surface area (Å²) in [7, 11) is 2.74. The van der Waals surface area contributed by atoms with Gasteiger partial charge in [-0.25, -0.2) is 4.79 Å². The molecular formula is C18H22F2N2O7. The van der Waals surface area contributed by atoms with E-state index in [1.807, 2.05) is 0 Å². The van der Waals surface area contributed by atoms with Crippen LogP contribution in [-0.2, 0) is 9.53 Å². The van der Waals surface area contributed by atoms with E-state index in [1.54, 1.807) is 7.05 Å². The number of nitrogens with zero attached hydrogens (tertiary/aromatic N) is 2. The second-order valence-electron chi connectivity index (χ2n) is 6.53. The molecule has 0 saturated heterocycles. The smallest absolute Gasteiger partial charge is 0.387 e. The predicted octanol–water partition coefficient (Wildman–Crippen LogP) is 3.15. The quantitative estimate of drug-likeness (QED) is 0.364. The zero-order valence-corrected chi connectivity index (χ0v) is 16.1. The van der Waals surface area contributed by atoms with Crippen molar-refractivity contribution in [2.75, 3.05) is 20.8 Å². The first-order valence-corrected chi connectivity index (χ1v) is 8.98. The topological polar surface area (TPSA) is 108 Å². The maximum Gasteiger partial charge on any atom is 0.387 e. The number of hydrogen-bond acceptors (Lipinski definition) is 7. The molecule has 0 radical (unpaired) electrons. The average molecular weight is 416 g/mol. The van der Waals surface area contributed by atoms with Gasteiger partial charge in [0.1, 0.15) is 5.56 Å². The van der Waals surface area contributed by atoms with Crippen LogP contribution in [0.1, 0.15) is 42.5 Å². The molecule has 1 fully saturated rings. The number of likely N-dealkylation sites (N-methyl/N-ethyl adjacent to an activating group) is 1. The number of alkyl halides is 2. The Morgan fingerprint density at radius 2 is 1.90 bits per heavy atom. The number of carbonyl (C=O) groups excluding carboxylic acids is 2. The van der Waals surface area contributed by atoms with Crippen molar-refractivity contribution in [3.63, 3.8) is 0 Å². The molecule has 0 heterocycles. The van der Waals surface area contributed by atoms with Crippen LogP contribution >= 0.6 is 0 Å². The van der Waals surface area contributed by atoms with Gasteiger partial charge < -0.3 is 19.1 Å². The Labute approximate surface area is 165 Å². The molecule has 0 N–H and O–H groups in total. The molecule has 11 heteroatoms. The number of carbonyl (C=O) groups is 2. The molecule has 9 nitrogen and oxygen atoms in total. The number of ether oxygens (including phenoxy) is 3. The van der Waals surface area contributed by atoms with Crippen LogP contribution in [0.2, 0.25) is 0 Å². The molecule has 0 aliphatic heterocycles. The molecule has 0 spiro atoms. The highest BCUT2D eigenvalue weighted by Crippen LogP contribution is 2.36. The molecule has 0 atom stereocenters. The highest BCUT2D eigenvalue weighted by Gasteiger charge is 2.28. The lowest BCUT2D eigenvalue weighted by atomic mass is 9.94. The van der Waals surface area contributed by atoms with Crippen molar-refractivity contribution in [3.8, 4) is 11.5 Å².